The molecule has 27 heavy (non-hydrogen) atoms. The number of carbonyl (C=O) groups is 2. The molecular formula is C20H17N3O4. The van der Waals surface area contributed by atoms with E-state index >= 15 is 0 Å². The summed E-state index contributed by atoms with van der Waals surface area (Å²) in [5.41, 5.74) is 2.49. The van der Waals surface area contributed by atoms with Crippen LogP contribution < -0.4 is 14.8 Å². The van der Waals surface area contributed by atoms with E-state index in [-0.39, 0.29) is 29.2 Å². The summed E-state index contributed by atoms with van der Waals surface area (Å²) >= 11 is 0. The van der Waals surface area contributed by atoms with Crippen LogP contribution in [0.3, 0.4) is 0 Å². The predicted molar refractivity (Wildman–Crippen MR) is 101 cm³/mol. The number of methoxy groups -OCH3 is 2. The number of nitrogens with one attached hydrogen (secondary N) is 2. The number of ether oxygens (including phenoxy) is 2. The molecule has 1 aromatic heterocycles. The number of imidazole rings is 1. The number of benzene rings is 2. The van der Waals surface area contributed by atoms with Gasteiger partial charge in [-0.3, -0.25) is 9.59 Å². The molecular weight excluding hydrogens is 346 g/mol. The van der Waals surface area contributed by atoms with E-state index in [2.05, 4.69) is 15.3 Å². The van der Waals surface area contributed by atoms with Gasteiger partial charge in [-0.05, 0) is 30.3 Å². The standard InChI is InChI=1S/C20H17N3O4/c1-26-15-7-8-16(27-2)18-17(15)14(24)9-11(19(18)25)10-21-20-22-12-5-3-4-6-13(12)23-20/h3-9H,10H2,1-2H3,(H2,21,22,23). The Hall–Kier alpha value is -3.61. The van der Waals surface area contributed by atoms with Crippen LogP contribution in [-0.2, 0) is 0 Å². The zero-order valence-electron chi connectivity index (χ0n) is 14.8. The minimum Gasteiger partial charge on any atom is -0.496 e. The van der Waals surface area contributed by atoms with Crippen LogP contribution in [0.5, 0.6) is 11.5 Å². The molecule has 2 N–H and O–H groups in total. The molecule has 136 valence electrons. The highest BCUT2D eigenvalue weighted by atomic mass is 16.5. The van der Waals surface area contributed by atoms with Crippen molar-refractivity contribution in [3.8, 4) is 11.5 Å². The summed E-state index contributed by atoms with van der Waals surface area (Å²) in [6.07, 6.45) is 1.34. The van der Waals surface area contributed by atoms with Crippen molar-refractivity contribution in [2.75, 3.05) is 26.1 Å². The molecule has 7 nitrogen and oxygen atoms in total. The normalized spacial score (nSPS) is 13.3. The highest BCUT2D eigenvalue weighted by molar-refractivity contribution is 6.27. The number of Topliss-reactive ketones (excluding diaryl/α,β-unsaturated/α-hetero) is 1. The van der Waals surface area contributed by atoms with Crippen LogP contribution in [0.25, 0.3) is 11.0 Å². The summed E-state index contributed by atoms with van der Waals surface area (Å²) in [6, 6.07) is 10.9. The Kier molecular flexibility index (Phi) is 4.12. The molecule has 0 bridgehead atoms. The van der Waals surface area contributed by atoms with Crippen LogP contribution in [0.1, 0.15) is 20.7 Å². The second-order valence-electron chi connectivity index (χ2n) is 6.04. The van der Waals surface area contributed by atoms with Gasteiger partial charge in [-0.15, -0.1) is 0 Å². The van der Waals surface area contributed by atoms with E-state index in [0.717, 1.165) is 11.0 Å². The number of hydrogen-bond acceptors (Lipinski definition) is 6. The topological polar surface area (TPSA) is 93.3 Å². The maximum atomic E-state index is 13.0. The lowest BCUT2D eigenvalue weighted by Gasteiger charge is -2.20. The van der Waals surface area contributed by atoms with Gasteiger partial charge in [0, 0.05) is 12.1 Å². The molecule has 0 saturated carbocycles. The fourth-order valence-corrected chi connectivity index (χ4v) is 3.18. The van der Waals surface area contributed by atoms with Crippen LogP contribution in [-0.4, -0.2) is 42.3 Å². The fourth-order valence-electron chi connectivity index (χ4n) is 3.18. The lowest BCUT2D eigenvalue weighted by molar-refractivity contribution is 0.0978. The summed E-state index contributed by atoms with van der Waals surface area (Å²) in [6.45, 7) is 0.157. The number of aromatic nitrogens is 2. The van der Waals surface area contributed by atoms with Gasteiger partial charge in [0.1, 0.15) is 11.5 Å². The lowest BCUT2D eigenvalue weighted by atomic mass is 9.88. The van der Waals surface area contributed by atoms with Crippen LogP contribution in [0, 0.1) is 0 Å². The van der Waals surface area contributed by atoms with Gasteiger partial charge in [-0.1, -0.05) is 12.1 Å². The Bertz CT molecular complexity index is 1060. The molecule has 0 radical (unpaired) electrons. The number of allylic oxidation sites excluding steroid dienone is 1. The largest absolute Gasteiger partial charge is 0.496 e. The molecule has 1 aliphatic rings. The molecule has 1 heterocycles. The summed E-state index contributed by atoms with van der Waals surface area (Å²) < 4.78 is 10.5. The van der Waals surface area contributed by atoms with E-state index in [1.54, 1.807) is 12.1 Å². The number of aromatic amines is 1. The quantitative estimate of drug-likeness (QED) is 0.724. The molecule has 3 aromatic rings. The van der Waals surface area contributed by atoms with Crippen LogP contribution in [0.15, 0.2) is 48.0 Å². The van der Waals surface area contributed by atoms with Gasteiger partial charge in [-0.25, -0.2) is 4.98 Å². The minimum atomic E-state index is -0.290. The highest BCUT2D eigenvalue weighted by Gasteiger charge is 2.31. The van der Waals surface area contributed by atoms with E-state index in [1.165, 1.54) is 20.3 Å². The van der Waals surface area contributed by atoms with Gasteiger partial charge in [0.25, 0.3) is 0 Å². The van der Waals surface area contributed by atoms with Crippen LogP contribution >= 0.6 is 0 Å². The number of hydrogen-bond donors (Lipinski definition) is 2. The number of rotatable bonds is 5. The predicted octanol–water partition coefficient (Wildman–Crippen LogP) is 3.00. The smallest absolute Gasteiger partial charge is 0.201 e. The van der Waals surface area contributed by atoms with E-state index in [0.29, 0.717) is 23.0 Å². The van der Waals surface area contributed by atoms with E-state index in [4.69, 9.17) is 9.47 Å². The van der Waals surface area contributed by atoms with Crippen molar-refractivity contribution in [2.24, 2.45) is 0 Å². The molecule has 7 heteroatoms. The van der Waals surface area contributed by atoms with Gasteiger partial charge in [-0.2, -0.15) is 0 Å². The first kappa shape index (κ1) is 16.8. The zero-order valence-corrected chi connectivity index (χ0v) is 14.8. The average molecular weight is 363 g/mol. The van der Waals surface area contributed by atoms with Crippen LogP contribution in [0.2, 0.25) is 0 Å². The van der Waals surface area contributed by atoms with Crippen molar-refractivity contribution in [3.05, 3.63) is 59.2 Å². The van der Waals surface area contributed by atoms with Crippen molar-refractivity contribution in [3.63, 3.8) is 0 Å². The van der Waals surface area contributed by atoms with Gasteiger partial charge >= 0.3 is 0 Å². The Morgan fingerprint density at radius 2 is 1.70 bits per heavy atom. The molecule has 0 atom stereocenters. The first-order valence-electron chi connectivity index (χ1n) is 8.35. The summed E-state index contributed by atoms with van der Waals surface area (Å²) in [5.74, 6) is 0.662. The summed E-state index contributed by atoms with van der Waals surface area (Å²) in [7, 11) is 2.92. The minimum absolute atomic E-state index is 0.157. The third-order valence-corrected chi connectivity index (χ3v) is 4.47. The summed E-state index contributed by atoms with van der Waals surface area (Å²) in [4.78, 5) is 33.1. The van der Waals surface area contributed by atoms with Gasteiger partial charge in [0.05, 0.1) is 36.4 Å². The zero-order chi connectivity index (χ0) is 19.0. The number of nitrogens with zero attached hydrogens (tertiary/aromatic N) is 1. The van der Waals surface area contributed by atoms with Gasteiger partial charge in [0.15, 0.2) is 11.6 Å². The maximum Gasteiger partial charge on any atom is 0.201 e. The van der Waals surface area contributed by atoms with Gasteiger partial charge < -0.3 is 19.8 Å². The SMILES string of the molecule is COc1ccc(OC)c2c1C(=O)C=C(CNc1nc3ccccc3[nH]1)C2=O. The molecule has 0 spiro atoms. The molecule has 0 fully saturated rings. The molecule has 4 rings (SSSR count). The number of anilines is 1. The van der Waals surface area contributed by atoms with E-state index < -0.39 is 0 Å². The van der Waals surface area contributed by atoms with Crippen molar-refractivity contribution in [1.82, 2.24) is 9.97 Å². The molecule has 1 aliphatic carbocycles. The number of para-hydroxylation sites is 2. The average Bonchev–Trinajstić information content (AvgIpc) is 3.11. The Morgan fingerprint density at radius 3 is 2.41 bits per heavy atom. The molecule has 2 aromatic carbocycles. The maximum absolute atomic E-state index is 13.0. The molecule has 0 aliphatic heterocycles. The molecule has 0 saturated heterocycles. The second-order valence-corrected chi connectivity index (χ2v) is 6.04. The first-order valence-corrected chi connectivity index (χ1v) is 8.35. The number of carbonyl (C=O) groups excluding carboxylic acids is 2. The Morgan fingerprint density at radius 1 is 1.00 bits per heavy atom. The lowest BCUT2D eigenvalue weighted by Crippen LogP contribution is -2.23. The van der Waals surface area contributed by atoms with Crippen LogP contribution in [0.4, 0.5) is 5.95 Å². The fraction of sp³-hybridized carbons (Fsp3) is 0.150. The van der Waals surface area contributed by atoms with Crippen molar-refractivity contribution in [1.29, 1.82) is 0 Å². The van der Waals surface area contributed by atoms with Gasteiger partial charge in [0.2, 0.25) is 5.95 Å². The molecule has 0 amide bonds. The first-order chi connectivity index (χ1) is 13.1. The Labute approximate surface area is 155 Å². The number of H-pyrrole nitrogens is 1. The number of fused-ring (bicyclic) bond motifs is 2. The molecule has 0 unspecified atom stereocenters. The third-order valence-electron chi connectivity index (χ3n) is 4.47. The van der Waals surface area contributed by atoms with E-state index in [9.17, 15) is 9.59 Å². The van der Waals surface area contributed by atoms with Crippen molar-refractivity contribution >= 4 is 28.5 Å². The summed E-state index contributed by atoms with van der Waals surface area (Å²) in [5, 5.41) is 3.07. The van der Waals surface area contributed by atoms with Crippen molar-refractivity contribution in [2.45, 2.75) is 0 Å². The van der Waals surface area contributed by atoms with Crippen molar-refractivity contribution < 1.29 is 19.1 Å². The highest BCUT2D eigenvalue weighted by Crippen LogP contribution is 2.35. The van der Waals surface area contributed by atoms with E-state index in [1.807, 2.05) is 24.3 Å². The number of ketones is 2. The monoisotopic (exact) mass is 363 g/mol. The Balaban J connectivity index is 1.64. The third kappa shape index (κ3) is 2.83. The second kappa shape index (κ2) is 6.60.